The highest BCUT2D eigenvalue weighted by Crippen LogP contribution is 2.34. The van der Waals surface area contributed by atoms with Gasteiger partial charge in [0.2, 0.25) is 5.28 Å². The summed E-state index contributed by atoms with van der Waals surface area (Å²) in [6.07, 6.45) is 6.47. The molecule has 6 rings (SSSR count). The van der Waals surface area contributed by atoms with E-state index in [1.165, 1.54) is 0 Å². The van der Waals surface area contributed by atoms with E-state index in [0.717, 1.165) is 36.0 Å². The predicted octanol–water partition coefficient (Wildman–Crippen LogP) is 6.70. The molecule has 0 spiro atoms. The van der Waals surface area contributed by atoms with Gasteiger partial charge in [-0.25, -0.2) is 22.5 Å². The second-order valence-electron chi connectivity index (χ2n) is 15.6. The molecule has 1 aliphatic heterocycles. The van der Waals surface area contributed by atoms with E-state index in [9.17, 15) is 13.2 Å². The number of nitrogens with one attached hydrogen (secondary N) is 1. The third-order valence-electron chi connectivity index (χ3n) is 10.6. The van der Waals surface area contributed by atoms with Gasteiger partial charge in [0.25, 0.3) is 0 Å². The van der Waals surface area contributed by atoms with Crippen LogP contribution in [0, 0.1) is 17.5 Å². The first kappa shape index (κ1) is 52.8. The molecule has 0 radical (unpaired) electrons. The van der Waals surface area contributed by atoms with E-state index in [4.69, 9.17) is 59.0 Å². The van der Waals surface area contributed by atoms with E-state index in [0.29, 0.717) is 135 Å². The molecule has 3 aromatic heterocycles. The van der Waals surface area contributed by atoms with Crippen molar-refractivity contribution >= 4 is 28.5 Å². The van der Waals surface area contributed by atoms with Gasteiger partial charge < -0.3 is 52.7 Å². The maximum Gasteiger partial charge on any atom is 0.226 e. The minimum absolute atomic E-state index is 0.000144. The molecule has 3 unspecified atom stereocenters. The van der Waals surface area contributed by atoms with Crippen LogP contribution in [-0.2, 0) is 62.2 Å². The first-order valence-electron chi connectivity index (χ1n) is 23.0. The van der Waals surface area contributed by atoms with Gasteiger partial charge >= 0.3 is 0 Å². The highest BCUT2D eigenvalue weighted by Gasteiger charge is 2.28. The van der Waals surface area contributed by atoms with Crippen molar-refractivity contribution in [3.05, 3.63) is 88.3 Å². The van der Waals surface area contributed by atoms with Crippen LogP contribution in [0.4, 0.5) is 19.0 Å². The molecule has 0 saturated carbocycles. The van der Waals surface area contributed by atoms with Crippen LogP contribution in [0.5, 0.6) is 5.75 Å². The van der Waals surface area contributed by atoms with Crippen molar-refractivity contribution in [1.82, 2.24) is 34.7 Å². The van der Waals surface area contributed by atoms with Gasteiger partial charge in [0.1, 0.15) is 41.3 Å². The predicted molar refractivity (Wildman–Crippen MR) is 243 cm³/mol. The van der Waals surface area contributed by atoms with Gasteiger partial charge in [-0.3, -0.25) is 0 Å². The molecule has 3 atom stereocenters. The zero-order valence-electron chi connectivity index (χ0n) is 38.6. The molecule has 0 amide bonds. The van der Waals surface area contributed by atoms with Gasteiger partial charge in [-0.15, -0.1) is 5.10 Å². The van der Waals surface area contributed by atoms with Crippen LogP contribution in [-0.4, -0.2) is 147 Å². The summed E-state index contributed by atoms with van der Waals surface area (Å²) in [4.78, 5) is 8.92. The second kappa shape index (κ2) is 29.5. The Balaban J connectivity index is 0.686. The molecule has 374 valence electrons. The molecule has 68 heavy (non-hydrogen) atoms. The average Bonchev–Trinajstić information content (AvgIpc) is 4.10. The molecule has 1 N–H and O–H groups in total. The molecule has 0 aliphatic carbocycles. The highest BCUT2D eigenvalue weighted by atomic mass is 35.5. The Morgan fingerprint density at radius 2 is 1.34 bits per heavy atom. The number of benzene rings is 2. The van der Waals surface area contributed by atoms with Crippen LogP contribution in [0.25, 0.3) is 11.0 Å². The standard InChI is InChI=1S/C46H62ClF3N8O10/c1-3-37-8-9-43(68-37)58-45-40(30-51-58)44(53-46(47)54-45)52-33(2)34-4-6-38(7-5-34)67-27-26-65-23-22-63-20-21-64-24-25-66-32-36-31-57(56-55-36)11-13-60-15-17-62-19-18-61-16-14-59-12-10-39-41(49)28-35(48)29-42(39)50/h4-7,28-31,33,37,43H,3,8-27,32H2,1-2H3,(H,52,53,54). The fraction of sp³-hybridized carbons (Fsp3) is 0.587. The molecular formula is C46H62ClF3N8O10. The number of hydrogen-bond donors (Lipinski definition) is 1. The van der Waals surface area contributed by atoms with Crippen LogP contribution in [0.1, 0.15) is 62.2 Å². The van der Waals surface area contributed by atoms with Crippen molar-refractivity contribution in [2.24, 2.45) is 0 Å². The highest BCUT2D eigenvalue weighted by molar-refractivity contribution is 6.28. The number of rotatable bonds is 35. The van der Waals surface area contributed by atoms with Crippen molar-refractivity contribution in [3.63, 3.8) is 0 Å². The maximum atomic E-state index is 13.6. The molecule has 5 aromatic rings. The van der Waals surface area contributed by atoms with Crippen molar-refractivity contribution in [1.29, 1.82) is 0 Å². The topological polar surface area (TPSA) is 179 Å². The van der Waals surface area contributed by atoms with Crippen molar-refractivity contribution in [2.45, 2.75) is 71.1 Å². The zero-order valence-corrected chi connectivity index (χ0v) is 39.4. The van der Waals surface area contributed by atoms with E-state index < -0.39 is 17.5 Å². The third kappa shape index (κ3) is 17.8. The van der Waals surface area contributed by atoms with E-state index in [2.05, 4.69) is 44.5 Å². The summed E-state index contributed by atoms with van der Waals surface area (Å²) < 4.78 is 100. The minimum Gasteiger partial charge on any atom is -0.491 e. The van der Waals surface area contributed by atoms with E-state index in [1.807, 2.05) is 30.5 Å². The maximum absolute atomic E-state index is 13.6. The lowest BCUT2D eigenvalue weighted by Crippen LogP contribution is -2.14. The Morgan fingerprint density at radius 1 is 0.750 bits per heavy atom. The first-order valence-corrected chi connectivity index (χ1v) is 23.3. The average molecular weight is 979 g/mol. The van der Waals surface area contributed by atoms with Gasteiger partial charge in [-0.05, 0) is 55.5 Å². The molecular weight excluding hydrogens is 917 g/mol. The minimum atomic E-state index is -0.951. The third-order valence-corrected chi connectivity index (χ3v) is 10.8. The molecule has 0 bridgehead atoms. The summed E-state index contributed by atoms with van der Waals surface area (Å²) >= 11 is 6.34. The number of fused-ring (bicyclic) bond motifs is 1. The van der Waals surface area contributed by atoms with Gasteiger partial charge in [0.05, 0.1) is 136 Å². The van der Waals surface area contributed by atoms with Crippen LogP contribution in [0.2, 0.25) is 5.28 Å². The van der Waals surface area contributed by atoms with Gasteiger partial charge in [0.15, 0.2) is 11.9 Å². The molecule has 2 aromatic carbocycles. The molecule has 4 heterocycles. The van der Waals surface area contributed by atoms with Crippen LogP contribution in [0.15, 0.2) is 48.8 Å². The summed E-state index contributed by atoms with van der Waals surface area (Å²) in [5.74, 6) is -1.43. The summed E-state index contributed by atoms with van der Waals surface area (Å²) in [5.41, 5.74) is 2.20. The fourth-order valence-electron chi connectivity index (χ4n) is 7.00. The number of aromatic nitrogens is 7. The Morgan fingerprint density at radius 3 is 1.96 bits per heavy atom. The molecule has 18 nitrogen and oxygen atoms in total. The van der Waals surface area contributed by atoms with E-state index in [-0.39, 0.29) is 48.9 Å². The van der Waals surface area contributed by atoms with Crippen molar-refractivity contribution in [2.75, 3.05) is 111 Å². The van der Waals surface area contributed by atoms with Crippen LogP contribution < -0.4 is 10.1 Å². The Hall–Kier alpha value is -4.55. The lowest BCUT2D eigenvalue weighted by atomic mass is 10.1. The molecule has 1 fully saturated rings. The number of nitrogens with zero attached hydrogens (tertiary/aromatic N) is 7. The van der Waals surface area contributed by atoms with Crippen LogP contribution >= 0.6 is 11.6 Å². The molecule has 22 heteroatoms. The number of anilines is 1. The summed E-state index contributed by atoms with van der Waals surface area (Å²) in [6, 6.07) is 9.11. The van der Waals surface area contributed by atoms with Gasteiger partial charge in [-0.2, -0.15) is 15.1 Å². The fourth-order valence-corrected chi connectivity index (χ4v) is 7.17. The Bertz CT molecular complexity index is 2190. The monoisotopic (exact) mass is 978 g/mol. The quantitative estimate of drug-likeness (QED) is 0.0335. The van der Waals surface area contributed by atoms with Crippen molar-refractivity contribution in [3.8, 4) is 5.75 Å². The van der Waals surface area contributed by atoms with Gasteiger partial charge in [-0.1, -0.05) is 24.3 Å². The van der Waals surface area contributed by atoms with Crippen LogP contribution in [0.3, 0.4) is 0 Å². The number of ether oxygens (including phenoxy) is 10. The number of hydrogen-bond acceptors (Lipinski definition) is 16. The zero-order chi connectivity index (χ0) is 47.8. The lowest BCUT2D eigenvalue weighted by Gasteiger charge is -2.17. The van der Waals surface area contributed by atoms with E-state index in [1.54, 1.807) is 15.6 Å². The normalized spacial score (nSPS) is 15.4. The summed E-state index contributed by atoms with van der Waals surface area (Å²) in [7, 11) is 0. The summed E-state index contributed by atoms with van der Waals surface area (Å²) in [6.45, 7) is 11.1. The lowest BCUT2D eigenvalue weighted by molar-refractivity contribution is -0.00690. The molecule has 1 aliphatic rings. The SMILES string of the molecule is CCC1CCC(n2ncc3c(NC(C)c4ccc(OCCOCCOCCOCCOCc5cn(CCOCCOCCOCCOCCc6c(F)cc(F)cc6F)nn5)cc4)nc(Cl)nc32)O1. The van der Waals surface area contributed by atoms with Crippen molar-refractivity contribution < 1.29 is 60.5 Å². The second-order valence-corrected chi connectivity index (χ2v) is 15.9. The van der Waals surface area contributed by atoms with Gasteiger partial charge in [0, 0.05) is 30.2 Å². The molecule has 1 saturated heterocycles. The summed E-state index contributed by atoms with van der Waals surface area (Å²) in [5, 5.41) is 17.2. The first-order chi connectivity index (χ1) is 33.3. The Kier molecular flexibility index (Phi) is 22.9. The Labute approximate surface area is 398 Å². The number of halogens is 4. The smallest absolute Gasteiger partial charge is 0.226 e. The largest absolute Gasteiger partial charge is 0.491 e. The van der Waals surface area contributed by atoms with E-state index >= 15 is 0 Å².